The smallest absolute Gasteiger partial charge is 0.230 e. The van der Waals surface area contributed by atoms with E-state index in [4.69, 9.17) is 4.74 Å². The van der Waals surface area contributed by atoms with Crippen molar-refractivity contribution in [2.24, 2.45) is 5.92 Å². The second-order valence-corrected chi connectivity index (χ2v) is 10.1. The highest BCUT2D eigenvalue weighted by molar-refractivity contribution is 7.89. The fraction of sp³-hybridized carbons (Fsp3) is 0.450. The Balaban J connectivity index is 1.77. The average molecular weight is 423 g/mol. The first-order chi connectivity index (χ1) is 13.4. The summed E-state index contributed by atoms with van der Waals surface area (Å²) in [4.78, 5) is 16.2. The minimum atomic E-state index is -3.20. The number of methoxy groups -OCH3 is 1. The van der Waals surface area contributed by atoms with Crippen LogP contribution in [0.25, 0.3) is 0 Å². The van der Waals surface area contributed by atoms with Crippen LogP contribution < -0.4 is 9.64 Å². The lowest BCUT2D eigenvalue weighted by atomic mass is 9.96. The van der Waals surface area contributed by atoms with Gasteiger partial charge in [-0.1, -0.05) is 6.07 Å². The van der Waals surface area contributed by atoms with Crippen LogP contribution in [0.3, 0.4) is 0 Å². The second-order valence-electron chi connectivity index (χ2n) is 6.78. The maximum absolute atomic E-state index is 13.3. The van der Waals surface area contributed by atoms with E-state index in [-0.39, 0.29) is 17.6 Å². The van der Waals surface area contributed by atoms with E-state index in [0.717, 1.165) is 16.3 Å². The van der Waals surface area contributed by atoms with Gasteiger partial charge in [0.05, 0.1) is 19.4 Å². The Morgan fingerprint density at radius 2 is 1.89 bits per heavy atom. The number of carbonyl (C=O) groups excluding carboxylic acids is 1. The largest absolute Gasteiger partial charge is 0.497 e. The molecule has 1 aliphatic heterocycles. The lowest BCUT2D eigenvalue weighted by molar-refractivity contribution is -0.123. The quantitative estimate of drug-likeness (QED) is 0.686. The topological polar surface area (TPSA) is 66.9 Å². The van der Waals surface area contributed by atoms with Crippen LogP contribution in [0.4, 0.5) is 5.69 Å². The number of carbonyl (C=O) groups is 1. The third-order valence-electron chi connectivity index (χ3n) is 5.11. The van der Waals surface area contributed by atoms with Crippen LogP contribution in [0.5, 0.6) is 5.75 Å². The van der Waals surface area contributed by atoms with E-state index in [1.165, 1.54) is 4.31 Å². The van der Waals surface area contributed by atoms with Gasteiger partial charge in [0.2, 0.25) is 15.9 Å². The summed E-state index contributed by atoms with van der Waals surface area (Å²) in [6.07, 6.45) is 1.10. The van der Waals surface area contributed by atoms with Gasteiger partial charge in [-0.3, -0.25) is 4.79 Å². The number of sulfonamides is 1. The molecule has 1 aromatic heterocycles. The molecule has 0 spiro atoms. The number of benzene rings is 1. The molecule has 1 amide bonds. The zero-order valence-electron chi connectivity index (χ0n) is 16.2. The molecule has 2 aromatic rings. The van der Waals surface area contributed by atoms with Gasteiger partial charge >= 0.3 is 0 Å². The SMILES string of the molecule is CCS(=O)(=O)N1CCC(C(=O)N(Cc2cccs2)c2ccc(OC)cc2)CC1. The van der Waals surface area contributed by atoms with Crippen molar-refractivity contribution < 1.29 is 17.9 Å². The number of piperidine rings is 1. The predicted molar refractivity (Wildman–Crippen MR) is 112 cm³/mol. The molecule has 0 unspecified atom stereocenters. The zero-order chi connectivity index (χ0) is 20.1. The highest BCUT2D eigenvalue weighted by Crippen LogP contribution is 2.28. The van der Waals surface area contributed by atoms with Crippen molar-refractivity contribution in [1.82, 2.24) is 4.31 Å². The van der Waals surface area contributed by atoms with Crippen molar-refractivity contribution in [1.29, 1.82) is 0 Å². The Bertz CT molecular complexity index is 871. The normalized spacial score (nSPS) is 16.1. The van der Waals surface area contributed by atoms with Crippen molar-refractivity contribution in [2.75, 3.05) is 30.9 Å². The molecule has 2 heterocycles. The number of amides is 1. The van der Waals surface area contributed by atoms with Gasteiger partial charge in [-0.2, -0.15) is 0 Å². The summed E-state index contributed by atoms with van der Waals surface area (Å²) in [7, 11) is -1.58. The minimum Gasteiger partial charge on any atom is -0.497 e. The van der Waals surface area contributed by atoms with Crippen molar-refractivity contribution in [3.05, 3.63) is 46.7 Å². The van der Waals surface area contributed by atoms with E-state index in [2.05, 4.69) is 0 Å². The highest BCUT2D eigenvalue weighted by Gasteiger charge is 2.33. The zero-order valence-corrected chi connectivity index (χ0v) is 17.8. The van der Waals surface area contributed by atoms with Gasteiger partial charge in [0.25, 0.3) is 0 Å². The molecule has 0 N–H and O–H groups in total. The van der Waals surface area contributed by atoms with Crippen LogP contribution >= 0.6 is 11.3 Å². The number of rotatable bonds is 7. The summed E-state index contributed by atoms with van der Waals surface area (Å²) in [6.45, 7) is 2.97. The number of hydrogen-bond donors (Lipinski definition) is 0. The summed E-state index contributed by atoms with van der Waals surface area (Å²) in [5, 5.41) is 2.00. The van der Waals surface area contributed by atoms with Crippen LogP contribution in [0, 0.1) is 5.92 Å². The molecule has 1 aliphatic rings. The fourth-order valence-corrected chi connectivity index (χ4v) is 5.23. The van der Waals surface area contributed by atoms with Crippen LogP contribution in [0.1, 0.15) is 24.6 Å². The lowest BCUT2D eigenvalue weighted by Crippen LogP contribution is -2.44. The molecule has 0 saturated carbocycles. The van der Waals surface area contributed by atoms with E-state index in [0.29, 0.717) is 32.5 Å². The van der Waals surface area contributed by atoms with Crippen LogP contribution in [-0.2, 0) is 21.4 Å². The first-order valence-electron chi connectivity index (χ1n) is 9.40. The second kappa shape index (κ2) is 9.07. The van der Waals surface area contributed by atoms with Gasteiger partial charge in [0.15, 0.2) is 0 Å². The first-order valence-corrected chi connectivity index (χ1v) is 11.9. The Kier molecular flexibility index (Phi) is 6.74. The average Bonchev–Trinajstić information content (AvgIpc) is 3.25. The van der Waals surface area contributed by atoms with Crippen molar-refractivity contribution in [3.8, 4) is 5.75 Å². The summed E-state index contributed by atoms with van der Waals surface area (Å²) in [5.41, 5.74) is 0.822. The van der Waals surface area contributed by atoms with E-state index in [1.807, 2.05) is 41.8 Å². The van der Waals surface area contributed by atoms with Gasteiger partial charge in [-0.15, -0.1) is 11.3 Å². The third kappa shape index (κ3) is 4.74. The molecule has 6 nitrogen and oxygen atoms in total. The van der Waals surface area contributed by atoms with Crippen LogP contribution in [-0.4, -0.2) is 44.6 Å². The fourth-order valence-electron chi connectivity index (χ4n) is 3.40. The molecule has 152 valence electrons. The van der Waals surface area contributed by atoms with E-state index in [1.54, 1.807) is 30.3 Å². The van der Waals surface area contributed by atoms with Crippen LogP contribution in [0.15, 0.2) is 41.8 Å². The number of hydrogen-bond acceptors (Lipinski definition) is 5. The number of ether oxygens (including phenoxy) is 1. The molecule has 8 heteroatoms. The summed E-state index contributed by atoms with van der Waals surface area (Å²) in [6, 6.07) is 11.5. The van der Waals surface area contributed by atoms with Gasteiger partial charge in [-0.05, 0) is 55.5 Å². The minimum absolute atomic E-state index is 0.0483. The van der Waals surface area contributed by atoms with E-state index >= 15 is 0 Å². The maximum Gasteiger partial charge on any atom is 0.230 e. The molecule has 0 bridgehead atoms. The molecular formula is C20H26N2O4S2. The summed E-state index contributed by atoms with van der Waals surface area (Å²) < 4.78 is 30.9. The Hall–Kier alpha value is -1.90. The molecule has 1 aromatic carbocycles. The third-order valence-corrected chi connectivity index (χ3v) is 7.85. The van der Waals surface area contributed by atoms with Gasteiger partial charge < -0.3 is 9.64 Å². The van der Waals surface area contributed by atoms with Crippen molar-refractivity contribution in [2.45, 2.75) is 26.3 Å². The number of nitrogens with zero attached hydrogens (tertiary/aromatic N) is 2. The summed E-state index contributed by atoms with van der Waals surface area (Å²) >= 11 is 1.62. The first kappa shape index (κ1) is 20.8. The van der Waals surface area contributed by atoms with E-state index in [9.17, 15) is 13.2 Å². The Morgan fingerprint density at radius 3 is 2.43 bits per heavy atom. The van der Waals surface area contributed by atoms with E-state index < -0.39 is 10.0 Å². The number of thiophene rings is 1. The van der Waals surface area contributed by atoms with Gasteiger partial charge in [-0.25, -0.2) is 12.7 Å². The van der Waals surface area contributed by atoms with Gasteiger partial charge in [0, 0.05) is 29.6 Å². The molecular weight excluding hydrogens is 396 g/mol. The molecule has 1 saturated heterocycles. The van der Waals surface area contributed by atoms with Crippen LogP contribution in [0.2, 0.25) is 0 Å². The number of anilines is 1. The maximum atomic E-state index is 13.3. The Labute approximate surface area is 170 Å². The predicted octanol–water partition coefficient (Wildman–Crippen LogP) is 3.35. The van der Waals surface area contributed by atoms with Gasteiger partial charge in [0.1, 0.15) is 5.75 Å². The molecule has 0 radical (unpaired) electrons. The standard InChI is InChI=1S/C20H26N2O4S2/c1-3-28(24,25)21-12-10-16(11-13-21)20(23)22(15-19-5-4-14-27-19)17-6-8-18(26-2)9-7-17/h4-9,14,16H,3,10-13,15H2,1-2H3. The summed E-state index contributed by atoms with van der Waals surface area (Å²) in [5.74, 6) is 0.713. The highest BCUT2D eigenvalue weighted by atomic mass is 32.2. The molecule has 0 aliphatic carbocycles. The monoisotopic (exact) mass is 422 g/mol. The van der Waals surface area contributed by atoms with Crippen molar-refractivity contribution >= 4 is 33.0 Å². The lowest BCUT2D eigenvalue weighted by Gasteiger charge is -2.33. The molecule has 3 rings (SSSR count). The molecule has 1 fully saturated rings. The van der Waals surface area contributed by atoms with Crippen molar-refractivity contribution in [3.63, 3.8) is 0 Å². The Morgan fingerprint density at radius 1 is 1.21 bits per heavy atom. The molecule has 0 atom stereocenters. The molecule has 28 heavy (non-hydrogen) atoms.